The Balaban J connectivity index is 2.35. The van der Waals surface area contributed by atoms with Crippen LogP contribution in [0.4, 0.5) is 10.5 Å². The van der Waals surface area contributed by atoms with E-state index in [1.165, 1.54) is 19.1 Å². The molecule has 22 heavy (non-hydrogen) atoms. The van der Waals surface area contributed by atoms with E-state index in [2.05, 4.69) is 10.3 Å². The molecule has 0 aliphatic heterocycles. The third-order valence-corrected chi connectivity index (χ3v) is 3.02. The minimum atomic E-state index is -0.596. The average molecular weight is 303 g/mol. The maximum absolute atomic E-state index is 12.2. The van der Waals surface area contributed by atoms with E-state index >= 15 is 0 Å². The van der Waals surface area contributed by atoms with Crippen molar-refractivity contribution in [2.75, 3.05) is 32.2 Å². The lowest BCUT2D eigenvalue weighted by Gasteiger charge is -2.20. The number of nitrogens with zero attached hydrogens (tertiary/aromatic N) is 2. The summed E-state index contributed by atoms with van der Waals surface area (Å²) in [5.74, 6) is 0.394. The first-order valence-corrected chi connectivity index (χ1v) is 6.70. The van der Waals surface area contributed by atoms with Crippen LogP contribution in [0.25, 0.3) is 11.3 Å². The van der Waals surface area contributed by atoms with E-state index in [1.807, 2.05) is 0 Å². The number of pyridine rings is 1. The summed E-state index contributed by atoms with van der Waals surface area (Å²) in [4.78, 5) is 29.3. The Kier molecular flexibility index (Phi) is 5.26. The zero-order valence-corrected chi connectivity index (χ0v) is 12.4. The predicted octanol–water partition coefficient (Wildman–Crippen LogP) is 1.49. The van der Waals surface area contributed by atoms with Crippen molar-refractivity contribution in [3.05, 3.63) is 47.1 Å². The molecule has 0 bridgehead atoms. The van der Waals surface area contributed by atoms with Gasteiger partial charge in [0.25, 0.3) is 0 Å². The van der Waals surface area contributed by atoms with Gasteiger partial charge in [-0.1, -0.05) is 0 Å². The Labute approximate surface area is 127 Å². The molecule has 2 heterocycles. The van der Waals surface area contributed by atoms with Gasteiger partial charge in [-0.2, -0.15) is 0 Å². The Bertz CT molecular complexity index is 685. The summed E-state index contributed by atoms with van der Waals surface area (Å²) < 4.78 is 10.3. The first-order chi connectivity index (χ1) is 10.7. The minimum absolute atomic E-state index is 0.157. The minimum Gasteiger partial charge on any atom is -0.421 e. The second-order valence-electron chi connectivity index (χ2n) is 4.41. The fourth-order valence-electron chi connectivity index (χ4n) is 1.92. The van der Waals surface area contributed by atoms with Gasteiger partial charge in [0.1, 0.15) is 11.4 Å². The van der Waals surface area contributed by atoms with Crippen LogP contribution in [0.5, 0.6) is 0 Å². The third-order valence-electron chi connectivity index (χ3n) is 3.02. The van der Waals surface area contributed by atoms with Crippen LogP contribution < -0.4 is 15.8 Å². The van der Waals surface area contributed by atoms with Crippen LogP contribution in [0.15, 0.2) is 45.9 Å². The number of ether oxygens (including phenoxy) is 1. The Morgan fingerprint density at radius 2 is 2.23 bits per heavy atom. The summed E-state index contributed by atoms with van der Waals surface area (Å²) in [7, 11) is 3.02. The first-order valence-electron chi connectivity index (χ1n) is 6.70. The standard InChI is InChI=1S/C15H17N3O4/c1-16-15(20)18(8-9-21-2)12-5-6-13(22-14(12)19)11-4-3-7-17-10-11/h3-7,10H,8-9H2,1-2H3,(H,16,20). The van der Waals surface area contributed by atoms with Gasteiger partial charge in [0.05, 0.1) is 13.2 Å². The summed E-state index contributed by atoms with van der Waals surface area (Å²) in [6, 6.07) is 6.32. The van der Waals surface area contributed by atoms with Gasteiger partial charge in [-0.25, -0.2) is 9.59 Å². The zero-order chi connectivity index (χ0) is 15.9. The average Bonchev–Trinajstić information content (AvgIpc) is 2.56. The van der Waals surface area contributed by atoms with Crippen LogP contribution >= 0.6 is 0 Å². The van der Waals surface area contributed by atoms with Crippen molar-refractivity contribution in [2.45, 2.75) is 0 Å². The van der Waals surface area contributed by atoms with Crippen molar-refractivity contribution in [2.24, 2.45) is 0 Å². The van der Waals surface area contributed by atoms with E-state index < -0.39 is 11.7 Å². The molecular weight excluding hydrogens is 286 g/mol. The molecule has 0 atom stereocenters. The van der Waals surface area contributed by atoms with Crippen molar-refractivity contribution < 1.29 is 13.9 Å². The molecule has 7 heteroatoms. The molecule has 2 aromatic rings. The molecule has 2 aromatic heterocycles. The van der Waals surface area contributed by atoms with Gasteiger partial charge in [-0.3, -0.25) is 9.88 Å². The molecule has 0 aromatic carbocycles. The summed E-state index contributed by atoms with van der Waals surface area (Å²) in [6.45, 7) is 0.546. The maximum atomic E-state index is 12.2. The predicted molar refractivity (Wildman–Crippen MR) is 81.9 cm³/mol. The van der Waals surface area contributed by atoms with E-state index in [0.717, 1.165) is 0 Å². The lowest BCUT2D eigenvalue weighted by atomic mass is 10.2. The smallest absolute Gasteiger partial charge is 0.360 e. The number of hydrogen-bond donors (Lipinski definition) is 1. The number of urea groups is 1. The molecule has 0 spiro atoms. The van der Waals surface area contributed by atoms with E-state index in [4.69, 9.17) is 9.15 Å². The fraction of sp³-hybridized carbons (Fsp3) is 0.267. The van der Waals surface area contributed by atoms with E-state index in [-0.39, 0.29) is 12.2 Å². The molecule has 2 amide bonds. The lowest BCUT2D eigenvalue weighted by Crippen LogP contribution is -2.42. The summed E-state index contributed by atoms with van der Waals surface area (Å²) in [6.07, 6.45) is 3.23. The second kappa shape index (κ2) is 7.37. The van der Waals surface area contributed by atoms with Gasteiger partial charge >= 0.3 is 11.7 Å². The number of rotatable bonds is 5. The van der Waals surface area contributed by atoms with Crippen LogP contribution in [0.2, 0.25) is 0 Å². The molecule has 2 rings (SSSR count). The largest absolute Gasteiger partial charge is 0.421 e. The van der Waals surface area contributed by atoms with E-state index in [9.17, 15) is 9.59 Å². The van der Waals surface area contributed by atoms with Gasteiger partial charge in [-0.15, -0.1) is 0 Å². The van der Waals surface area contributed by atoms with Gasteiger partial charge in [0.15, 0.2) is 0 Å². The fourth-order valence-corrected chi connectivity index (χ4v) is 1.92. The molecule has 0 aliphatic carbocycles. The number of methoxy groups -OCH3 is 1. The van der Waals surface area contributed by atoms with Crippen molar-refractivity contribution >= 4 is 11.7 Å². The van der Waals surface area contributed by atoms with Crippen molar-refractivity contribution in [1.82, 2.24) is 10.3 Å². The molecular formula is C15H17N3O4. The van der Waals surface area contributed by atoms with Crippen LogP contribution in [0, 0.1) is 0 Å². The van der Waals surface area contributed by atoms with Crippen LogP contribution in [-0.4, -0.2) is 38.3 Å². The second-order valence-corrected chi connectivity index (χ2v) is 4.41. The monoisotopic (exact) mass is 303 g/mol. The summed E-state index contributed by atoms with van der Waals surface area (Å²) >= 11 is 0. The first kappa shape index (κ1) is 15.7. The molecule has 0 unspecified atom stereocenters. The van der Waals surface area contributed by atoms with Gasteiger partial charge in [-0.05, 0) is 24.3 Å². The van der Waals surface area contributed by atoms with Crippen molar-refractivity contribution in [3.63, 3.8) is 0 Å². The molecule has 1 N–H and O–H groups in total. The molecule has 7 nitrogen and oxygen atoms in total. The third kappa shape index (κ3) is 3.50. The van der Waals surface area contributed by atoms with Gasteiger partial charge < -0.3 is 14.5 Å². The zero-order valence-electron chi connectivity index (χ0n) is 12.4. The highest BCUT2D eigenvalue weighted by atomic mass is 16.5. The van der Waals surface area contributed by atoms with Crippen LogP contribution in [0.1, 0.15) is 0 Å². The number of anilines is 1. The number of amides is 2. The van der Waals surface area contributed by atoms with Gasteiger partial charge in [0, 0.05) is 32.1 Å². The molecule has 116 valence electrons. The molecule has 0 aliphatic rings. The summed E-state index contributed by atoms with van der Waals surface area (Å²) in [5, 5.41) is 2.49. The maximum Gasteiger partial charge on any atom is 0.360 e. The Morgan fingerprint density at radius 3 is 2.82 bits per heavy atom. The number of carbonyl (C=O) groups is 1. The van der Waals surface area contributed by atoms with E-state index in [0.29, 0.717) is 17.9 Å². The Hall–Kier alpha value is -2.67. The molecule has 0 fully saturated rings. The molecule has 0 saturated carbocycles. The molecule has 0 saturated heterocycles. The van der Waals surface area contributed by atoms with Crippen LogP contribution in [-0.2, 0) is 4.74 Å². The van der Waals surface area contributed by atoms with Crippen molar-refractivity contribution in [1.29, 1.82) is 0 Å². The molecule has 0 radical (unpaired) electrons. The SMILES string of the molecule is CNC(=O)N(CCOC)c1ccc(-c2cccnc2)oc1=O. The highest BCUT2D eigenvalue weighted by molar-refractivity contribution is 5.91. The lowest BCUT2D eigenvalue weighted by molar-refractivity contribution is 0.202. The number of aromatic nitrogens is 1. The van der Waals surface area contributed by atoms with Crippen molar-refractivity contribution in [3.8, 4) is 11.3 Å². The number of hydrogen-bond acceptors (Lipinski definition) is 5. The number of nitrogens with one attached hydrogen (secondary N) is 1. The highest BCUT2D eigenvalue weighted by Crippen LogP contribution is 2.19. The Morgan fingerprint density at radius 1 is 1.41 bits per heavy atom. The highest BCUT2D eigenvalue weighted by Gasteiger charge is 2.18. The quantitative estimate of drug-likeness (QED) is 0.904. The van der Waals surface area contributed by atoms with E-state index in [1.54, 1.807) is 36.7 Å². The van der Waals surface area contributed by atoms with Crippen LogP contribution in [0.3, 0.4) is 0 Å². The van der Waals surface area contributed by atoms with Gasteiger partial charge in [0.2, 0.25) is 0 Å². The topological polar surface area (TPSA) is 84.7 Å². The normalized spacial score (nSPS) is 10.3. The number of carbonyl (C=O) groups excluding carboxylic acids is 1. The summed E-state index contributed by atoms with van der Waals surface area (Å²) in [5.41, 5.74) is 0.250.